The molecule has 116 valence electrons. The number of carbonyl (C=O) groups is 3. The fourth-order valence-corrected chi connectivity index (χ4v) is 1.90. The Balaban J connectivity index is 3.90. The van der Waals surface area contributed by atoms with Gasteiger partial charge in [-0.1, -0.05) is 6.42 Å². The number of hydrogen-bond donors (Lipinski definition) is 3. The molecule has 0 aromatic heterocycles. The van der Waals surface area contributed by atoms with Crippen LogP contribution in [0.15, 0.2) is 0 Å². The van der Waals surface area contributed by atoms with Gasteiger partial charge >= 0.3 is 18.0 Å². The van der Waals surface area contributed by atoms with E-state index in [1.54, 1.807) is 11.8 Å². The Morgan fingerprint density at radius 2 is 1.95 bits per heavy atom. The predicted octanol–water partition coefficient (Wildman–Crippen LogP) is 0.835. The minimum Gasteiger partial charge on any atom is -0.480 e. The van der Waals surface area contributed by atoms with Gasteiger partial charge in [0.1, 0.15) is 6.04 Å². The number of hydrogen-bond acceptors (Lipinski definition) is 5. The third-order valence-corrected chi connectivity index (χ3v) is 3.21. The molecule has 3 N–H and O–H groups in total. The maximum Gasteiger partial charge on any atom is 0.326 e. The largest absolute Gasteiger partial charge is 0.480 e. The smallest absolute Gasteiger partial charge is 0.326 e. The van der Waals surface area contributed by atoms with E-state index in [9.17, 15) is 14.4 Å². The van der Waals surface area contributed by atoms with Crippen LogP contribution in [0.3, 0.4) is 0 Å². The van der Waals surface area contributed by atoms with Crippen LogP contribution in [0.4, 0.5) is 4.79 Å². The van der Waals surface area contributed by atoms with E-state index in [1.807, 2.05) is 6.26 Å². The number of ether oxygens (including phenoxy) is 1. The second kappa shape index (κ2) is 11.4. The van der Waals surface area contributed by atoms with Crippen molar-refractivity contribution in [2.24, 2.45) is 0 Å². The molecule has 0 bridgehead atoms. The van der Waals surface area contributed by atoms with E-state index in [4.69, 9.17) is 5.11 Å². The summed E-state index contributed by atoms with van der Waals surface area (Å²) in [5, 5.41) is 13.7. The molecule has 0 aliphatic heterocycles. The number of rotatable bonds is 10. The van der Waals surface area contributed by atoms with Crippen LogP contribution in [0.1, 0.15) is 25.7 Å². The van der Waals surface area contributed by atoms with Gasteiger partial charge in [-0.3, -0.25) is 4.79 Å². The predicted molar refractivity (Wildman–Crippen MR) is 76.8 cm³/mol. The first kappa shape index (κ1) is 18.6. The first-order valence-corrected chi connectivity index (χ1v) is 7.73. The Hall–Kier alpha value is -1.44. The summed E-state index contributed by atoms with van der Waals surface area (Å²) >= 11 is 1.78. The number of carbonyl (C=O) groups excluding carboxylic acids is 2. The molecule has 0 aliphatic carbocycles. The summed E-state index contributed by atoms with van der Waals surface area (Å²) in [5.41, 5.74) is 0. The molecule has 0 saturated carbocycles. The topological polar surface area (TPSA) is 105 Å². The van der Waals surface area contributed by atoms with Crippen molar-refractivity contribution in [1.29, 1.82) is 0 Å². The summed E-state index contributed by atoms with van der Waals surface area (Å²) in [6.07, 6.45) is 4.57. The van der Waals surface area contributed by atoms with Gasteiger partial charge in [-0.05, 0) is 24.9 Å². The van der Waals surface area contributed by atoms with Gasteiger partial charge < -0.3 is 20.5 Å². The molecule has 0 spiro atoms. The van der Waals surface area contributed by atoms with E-state index in [1.165, 1.54) is 0 Å². The lowest BCUT2D eigenvalue weighted by Gasteiger charge is -2.14. The van der Waals surface area contributed by atoms with Gasteiger partial charge in [0.15, 0.2) is 0 Å². The average molecular weight is 306 g/mol. The molecule has 0 aromatic carbocycles. The third kappa shape index (κ3) is 9.48. The van der Waals surface area contributed by atoms with Gasteiger partial charge in [-0.15, -0.1) is 0 Å². The van der Waals surface area contributed by atoms with Crippen LogP contribution in [0.5, 0.6) is 0 Å². The van der Waals surface area contributed by atoms with Crippen LogP contribution in [0.25, 0.3) is 0 Å². The number of nitrogens with one attached hydrogen (secondary N) is 2. The van der Waals surface area contributed by atoms with Crippen molar-refractivity contribution in [2.45, 2.75) is 31.7 Å². The first-order valence-electron chi connectivity index (χ1n) is 6.34. The van der Waals surface area contributed by atoms with E-state index in [0.29, 0.717) is 6.54 Å². The summed E-state index contributed by atoms with van der Waals surface area (Å²) in [6, 6.07) is -1.87. The third-order valence-electron chi connectivity index (χ3n) is 2.51. The number of urea groups is 1. The van der Waals surface area contributed by atoms with Crippen molar-refractivity contribution < 1.29 is 24.2 Å². The van der Waals surface area contributed by atoms with Crippen LogP contribution >= 0.6 is 11.8 Å². The summed E-state index contributed by atoms with van der Waals surface area (Å²) in [4.78, 5) is 33.4. The molecule has 0 fully saturated rings. The van der Waals surface area contributed by atoms with Crippen molar-refractivity contribution >= 4 is 29.7 Å². The summed E-state index contributed by atoms with van der Waals surface area (Å²) < 4.78 is 4.37. The molecule has 1 atom stereocenters. The number of thioether (sulfide) groups is 1. The maximum absolute atomic E-state index is 11.5. The Bertz CT molecular complexity index is 325. The average Bonchev–Trinajstić information content (AvgIpc) is 2.41. The van der Waals surface area contributed by atoms with Crippen LogP contribution in [-0.2, 0) is 14.3 Å². The van der Waals surface area contributed by atoms with Crippen molar-refractivity contribution in [3.8, 4) is 0 Å². The normalized spacial score (nSPS) is 11.5. The molecule has 2 amide bonds. The Morgan fingerprint density at radius 1 is 1.25 bits per heavy atom. The minimum absolute atomic E-state index is 0.396. The zero-order valence-electron chi connectivity index (χ0n) is 11.8. The van der Waals surface area contributed by atoms with Gasteiger partial charge in [0.2, 0.25) is 0 Å². The molecule has 7 nitrogen and oxygen atoms in total. The van der Waals surface area contributed by atoms with Crippen molar-refractivity contribution in [3.63, 3.8) is 0 Å². The summed E-state index contributed by atoms with van der Waals surface area (Å²) in [5.74, 6) is -0.868. The standard InChI is InChI=1S/C12H22N2O5S/c1-19-10(15)8-9(11(16)17)14-12(18)13-6-4-3-5-7-20-2/h9H,3-8H2,1-2H3,(H,16,17)(H2,13,14,18)/t9-/m0/s1. The maximum atomic E-state index is 11.5. The monoisotopic (exact) mass is 306 g/mol. The van der Waals surface area contributed by atoms with Crippen LogP contribution in [0.2, 0.25) is 0 Å². The molecule has 8 heteroatoms. The number of esters is 1. The number of unbranched alkanes of at least 4 members (excludes halogenated alkanes) is 2. The van der Waals surface area contributed by atoms with E-state index in [2.05, 4.69) is 15.4 Å². The van der Waals surface area contributed by atoms with Crippen LogP contribution in [-0.4, -0.2) is 54.8 Å². The number of amides is 2. The fraction of sp³-hybridized carbons (Fsp3) is 0.750. The number of carboxylic acids is 1. The van der Waals surface area contributed by atoms with E-state index >= 15 is 0 Å². The summed E-state index contributed by atoms with van der Waals surface area (Å²) in [7, 11) is 1.16. The van der Waals surface area contributed by atoms with E-state index < -0.39 is 30.4 Å². The lowest BCUT2D eigenvalue weighted by molar-refractivity contribution is -0.147. The van der Waals surface area contributed by atoms with Crippen LogP contribution < -0.4 is 10.6 Å². The molecule has 0 aromatic rings. The molecule has 20 heavy (non-hydrogen) atoms. The molecular weight excluding hydrogens is 284 g/mol. The van der Waals surface area contributed by atoms with Gasteiger partial charge in [0.25, 0.3) is 0 Å². The van der Waals surface area contributed by atoms with Crippen LogP contribution in [0, 0.1) is 0 Å². The van der Waals surface area contributed by atoms with Gasteiger partial charge in [-0.25, -0.2) is 9.59 Å². The first-order chi connectivity index (χ1) is 9.51. The number of carboxylic acid groups (broad SMARTS) is 1. The highest BCUT2D eigenvalue weighted by Gasteiger charge is 2.23. The van der Waals surface area contributed by atoms with Gasteiger partial charge in [0.05, 0.1) is 13.5 Å². The van der Waals surface area contributed by atoms with Gasteiger partial charge in [0, 0.05) is 6.54 Å². The zero-order chi connectivity index (χ0) is 15.4. The Labute approximate surface area is 122 Å². The number of aliphatic carboxylic acids is 1. The van der Waals surface area contributed by atoms with E-state index in [-0.39, 0.29) is 0 Å². The molecule has 0 radical (unpaired) electrons. The Kier molecular flexibility index (Phi) is 10.6. The summed E-state index contributed by atoms with van der Waals surface area (Å²) in [6.45, 7) is 0.477. The highest BCUT2D eigenvalue weighted by molar-refractivity contribution is 7.98. The second-order valence-corrected chi connectivity index (χ2v) is 5.11. The zero-order valence-corrected chi connectivity index (χ0v) is 12.6. The highest BCUT2D eigenvalue weighted by Crippen LogP contribution is 2.01. The molecule has 0 unspecified atom stereocenters. The molecule has 0 aliphatic rings. The Morgan fingerprint density at radius 3 is 2.50 bits per heavy atom. The van der Waals surface area contributed by atoms with Gasteiger partial charge in [-0.2, -0.15) is 11.8 Å². The second-order valence-electron chi connectivity index (χ2n) is 4.12. The fourth-order valence-electron chi connectivity index (χ4n) is 1.41. The highest BCUT2D eigenvalue weighted by atomic mass is 32.2. The van der Waals surface area contributed by atoms with Crippen molar-refractivity contribution in [2.75, 3.05) is 25.7 Å². The number of methoxy groups -OCH3 is 1. The van der Waals surface area contributed by atoms with Crippen molar-refractivity contribution in [3.05, 3.63) is 0 Å². The SMILES string of the molecule is COC(=O)C[C@H](NC(=O)NCCCCCSC)C(=O)O. The lowest BCUT2D eigenvalue weighted by atomic mass is 10.2. The quantitative estimate of drug-likeness (QED) is 0.408. The molecule has 0 rings (SSSR count). The molecule has 0 heterocycles. The minimum atomic E-state index is -1.28. The molecule has 0 saturated heterocycles. The van der Waals surface area contributed by atoms with Crippen molar-refractivity contribution in [1.82, 2.24) is 10.6 Å². The lowest BCUT2D eigenvalue weighted by Crippen LogP contribution is -2.47. The van der Waals surface area contributed by atoms with E-state index in [0.717, 1.165) is 32.1 Å². The molecular formula is C12H22N2O5S.